The predicted octanol–water partition coefficient (Wildman–Crippen LogP) is 3.45. The number of hydrogen-bond donors (Lipinski definition) is 3. The van der Waals surface area contributed by atoms with Crippen LogP contribution in [0.15, 0.2) is 66.9 Å². The van der Waals surface area contributed by atoms with Crippen LogP contribution in [0.3, 0.4) is 0 Å². The Morgan fingerprint density at radius 1 is 1.06 bits per heavy atom. The van der Waals surface area contributed by atoms with Crippen molar-refractivity contribution >= 4 is 39.8 Å². The lowest BCUT2D eigenvalue weighted by Crippen LogP contribution is -2.48. The molecule has 1 saturated heterocycles. The number of carbonyl (C=O) groups is 1. The van der Waals surface area contributed by atoms with E-state index in [4.69, 9.17) is 17.0 Å². The number of pyridine rings is 1. The number of aromatic nitrogens is 1. The van der Waals surface area contributed by atoms with E-state index in [9.17, 15) is 4.79 Å². The number of amides is 1. The molecule has 0 spiro atoms. The Morgan fingerprint density at radius 2 is 1.82 bits per heavy atom. The van der Waals surface area contributed by atoms with Gasteiger partial charge in [0.25, 0.3) is 0 Å². The summed E-state index contributed by atoms with van der Waals surface area (Å²) in [6.07, 6.45) is 1.79. The number of morpholine rings is 1. The number of benzene rings is 2. The topological polar surface area (TPSA) is 78.5 Å². The summed E-state index contributed by atoms with van der Waals surface area (Å²) in [4.78, 5) is 19.7. The second-order valence-electron chi connectivity index (χ2n) is 8.05. The van der Waals surface area contributed by atoms with Crippen LogP contribution in [0.2, 0.25) is 0 Å². The third-order valence-electron chi connectivity index (χ3n) is 5.66. The quantitative estimate of drug-likeness (QED) is 0.366. The van der Waals surface area contributed by atoms with E-state index in [-0.39, 0.29) is 18.1 Å². The van der Waals surface area contributed by atoms with Crippen LogP contribution in [0, 0.1) is 0 Å². The summed E-state index contributed by atoms with van der Waals surface area (Å²) < 4.78 is 5.50. The molecule has 1 fully saturated rings. The molecule has 0 saturated carbocycles. The Labute approximate surface area is 199 Å². The fourth-order valence-corrected chi connectivity index (χ4v) is 4.38. The van der Waals surface area contributed by atoms with Gasteiger partial charge < -0.3 is 20.7 Å². The van der Waals surface area contributed by atoms with Crippen molar-refractivity contribution in [2.75, 3.05) is 31.6 Å². The highest BCUT2D eigenvalue weighted by Gasteiger charge is 2.25. The molecule has 0 bridgehead atoms. The standard InChI is InChI=1S/C25H29N5O2S/c1-18(28-25(33)29-21-11-5-9-20-10-6-12-26-24(20)21)27-23(31)17-22(19-7-3-2-4-8-19)30-13-15-32-16-14-30/h2-12,18,22H,13-17H2,1H3,(H,27,31)(H2,28,29,33). The van der Waals surface area contributed by atoms with Crippen LogP contribution in [0.25, 0.3) is 10.9 Å². The first kappa shape index (κ1) is 23.1. The smallest absolute Gasteiger partial charge is 0.223 e. The van der Waals surface area contributed by atoms with Crippen LogP contribution in [-0.2, 0) is 9.53 Å². The lowest BCUT2D eigenvalue weighted by Gasteiger charge is -2.34. The molecule has 2 heterocycles. The monoisotopic (exact) mass is 463 g/mol. The van der Waals surface area contributed by atoms with E-state index in [2.05, 4.69) is 38.0 Å². The van der Waals surface area contributed by atoms with Gasteiger partial charge in [0.15, 0.2) is 5.11 Å². The summed E-state index contributed by atoms with van der Waals surface area (Å²) in [6.45, 7) is 4.87. The Bertz CT molecular complexity index is 1080. The molecule has 2 atom stereocenters. The van der Waals surface area contributed by atoms with E-state index in [1.807, 2.05) is 55.5 Å². The van der Waals surface area contributed by atoms with Crippen molar-refractivity contribution < 1.29 is 9.53 Å². The van der Waals surface area contributed by atoms with E-state index in [1.54, 1.807) is 6.20 Å². The highest BCUT2D eigenvalue weighted by molar-refractivity contribution is 7.80. The summed E-state index contributed by atoms with van der Waals surface area (Å²) in [5, 5.41) is 10.8. The molecule has 4 rings (SSSR count). The van der Waals surface area contributed by atoms with Crippen molar-refractivity contribution in [3.05, 3.63) is 72.4 Å². The molecule has 0 radical (unpaired) electrons. The minimum Gasteiger partial charge on any atom is -0.379 e. The molecule has 1 amide bonds. The number of nitrogens with one attached hydrogen (secondary N) is 3. The first-order chi connectivity index (χ1) is 16.1. The number of ether oxygens (including phenoxy) is 1. The van der Waals surface area contributed by atoms with Gasteiger partial charge in [0.05, 0.1) is 30.6 Å². The highest BCUT2D eigenvalue weighted by atomic mass is 32.1. The van der Waals surface area contributed by atoms with Crippen LogP contribution in [0.5, 0.6) is 0 Å². The number of anilines is 1. The molecule has 172 valence electrons. The zero-order chi connectivity index (χ0) is 23.0. The van der Waals surface area contributed by atoms with Crippen LogP contribution < -0.4 is 16.0 Å². The fourth-order valence-electron chi connectivity index (χ4n) is 4.09. The average molecular weight is 464 g/mol. The first-order valence-corrected chi connectivity index (χ1v) is 11.6. The molecular weight excluding hydrogens is 434 g/mol. The lowest BCUT2D eigenvalue weighted by atomic mass is 10.0. The van der Waals surface area contributed by atoms with Gasteiger partial charge in [0, 0.05) is 37.1 Å². The van der Waals surface area contributed by atoms with Crippen molar-refractivity contribution in [3.8, 4) is 0 Å². The van der Waals surface area contributed by atoms with Gasteiger partial charge in [-0.05, 0) is 36.8 Å². The minimum atomic E-state index is -0.332. The molecule has 2 unspecified atom stereocenters. The van der Waals surface area contributed by atoms with E-state index < -0.39 is 0 Å². The largest absolute Gasteiger partial charge is 0.379 e. The molecule has 3 aromatic rings. The summed E-state index contributed by atoms with van der Waals surface area (Å²) in [7, 11) is 0. The number of thiocarbonyl (C=S) groups is 1. The number of carbonyl (C=O) groups excluding carboxylic acids is 1. The highest BCUT2D eigenvalue weighted by Crippen LogP contribution is 2.25. The summed E-state index contributed by atoms with van der Waals surface area (Å²) in [5.74, 6) is -0.0371. The van der Waals surface area contributed by atoms with Crippen molar-refractivity contribution in [1.82, 2.24) is 20.5 Å². The lowest BCUT2D eigenvalue weighted by molar-refractivity contribution is -0.123. The van der Waals surface area contributed by atoms with Gasteiger partial charge in [-0.1, -0.05) is 48.5 Å². The second kappa shape index (κ2) is 11.2. The van der Waals surface area contributed by atoms with Crippen molar-refractivity contribution in [3.63, 3.8) is 0 Å². The zero-order valence-electron chi connectivity index (χ0n) is 18.7. The van der Waals surface area contributed by atoms with E-state index in [0.29, 0.717) is 24.7 Å². The van der Waals surface area contributed by atoms with Crippen molar-refractivity contribution in [2.24, 2.45) is 0 Å². The SMILES string of the molecule is CC(NC(=O)CC(c1ccccc1)N1CCOCC1)NC(=S)Nc1cccc2cccnc12. The Kier molecular flexibility index (Phi) is 7.83. The van der Waals surface area contributed by atoms with Gasteiger partial charge in [-0.2, -0.15) is 0 Å². The summed E-state index contributed by atoms with van der Waals surface area (Å²) >= 11 is 5.47. The number of para-hydroxylation sites is 1. The second-order valence-corrected chi connectivity index (χ2v) is 8.46. The molecule has 3 N–H and O–H groups in total. The van der Waals surface area contributed by atoms with Gasteiger partial charge in [-0.15, -0.1) is 0 Å². The molecule has 33 heavy (non-hydrogen) atoms. The number of fused-ring (bicyclic) bond motifs is 1. The number of hydrogen-bond acceptors (Lipinski definition) is 5. The maximum absolute atomic E-state index is 12.9. The van der Waals surface area contributed by atoms with Crippen molar-refractivity contribution in [2.45, 2.75) is 25.6 Å². The molecule has 1 aliphatic rings. The molecule has 7 nitrogen and oxygen atoms in total. The fraction of sp³-hybridized carbons (Fsp3) is 0.320. The Morgan fingerprint density at radius 3 is 2.61 bits per heavy atom. The minimum absolute atomic E-state index is 0.00846. The van der Waals surface area contributed by atoms with E-state index >= 15 is 0 Å². The molecule has 1 aliphatic heterocycles. The summed E-state index contributed by atoms with van der Waals surface area (Å²) in [5.41, 5.74) is 2.80. The molecular formula is C25H29N5O2S. The number of nitrogens with zero attached hydrogens (tertiary/aromatic N) is 2. The van der Waals surface area contributed by atoms with Crippen LogP contribution in [0.4, 0.5) is 5.69 Å². The van der Waals surface area contributed by atoms with Gasteiger partial charge in [0.1, 0.15) is 0 Å². The van der Waals surface area contributed by atoms with E-state index in [0.717, 1.165) is 35.2 Å². The normalized spacial score (nSPS) is 16.0. The Hall–Kier alpha value is -3.07. The van der Waals surface area contributed by atoms with Gasteiger partial charge in [-0.25, -0.2) is 0 Å². The maximum atomic E-state index is 12.9. The predicted molar refractivity (Wildman–Crippen MR) is 135 cm³/mol. The first-order valence-electron chi connectivity index (χ1n) is 11.2. The van der Waals surface area contributed by atoms with Crippen LogP contribution >= 0.6 is 12.2 Å². The van der Waals surface area contributed by atoms with Gasteiger partial charge in [0.2, 0.25) is 5.91 Å². The maximum Gasteiger partial charge on any atom is 0.223 e. The molecule has 2 aromatic carbocycles. The van der Waals surface area contributed by atoms with Crippen molar-refractivity contribution in [1.29, 1.82) is 0 Å². The Balaban J connectivity index is 1.34. The third-order valence-corrected chi connectivity index (χ3v) is 5.88. The van der Waals surface area contributed by atoms with Gasteiger partial charge in [-0.3, -0.25) is 14.7 Å². The summed E-state index contributed by atoms with van der Waals surface area (Å²) in [6, 6.07) is 20.0. The zero-order valence-corrected chi connectivity index (χ0v) is 19.5. The number of rotatable bonds is 7. The third kappa shape index (κ3) is 6.25. The van der Waals surface area contributed by atoms with E-state index in [1.165, 1.54) is 0 Å². The molecule has 8 heteroatoms. The van der Waals surface area contributed by atoms with Crippen LogP contribution in [0.1, 0.15) is 24.9 Å². The molecule has 0 aliphatic carbocycles. The average Bonchev–Trinajstić information content (AvgIpc) is 2.83. The van der Waals surface area contributed by atoms with Crippen LogP contribution in [-0.4, -0.2) is 53.4 Å². The molecule has 1 aromatic heterocycles. The van der Waals surface area contributed by atoms with Gasteiger partial charge >= 0.3 is 0 Å².